The normalized spacial score (nSPS) is 11.0. The molecule has 116 valence electrons. The Bertz CT molecular complexity index is 835. The molecule has 0 atom stereocenters. The lowest BCUT2D eigenvalue weighted by molar-refractivity contribution is 0.0955. The van der Waals surface area contributed by atoms with Gasteiger partial charge in [-0.3, -0.25) is 4.79 Å². The fraction of sp³-hybridized carbons (Fsp3) is 0.111. The van der Waals surface area contributed by atoms with Crippen molar-refractivity contribution in [2.75, 3.05) is 6.61 Å². The molecule has 23 heavy (non-hydrogen) atoms. The maximum atomic E-state index is 12.0. The summed E-state index contributed by atoms with van der Waals surface area (Å²) in [5.74, 6) is 0.482. The van der Waals surface area contributed by atoms with Crippen LogP contribution in [0.2, 0.25) is 0 Å². The van der Waals surface area contributed by atoms with Crippen LogP contribution in [0.5, 0.6) is 5.75 Å². The number of aromatic nitrogens is 1. The van der Waals surface area contributed by atoms with E-state index in [1.165, 1.54) is 0 Å². The molecule has 1 amide bonds. The van der Waals surface area contributed by atoms with Gasteiger partial charge in [0.1, 0.15) is 5.75 Å². The number of carbonyl (C=O) groups excluding carboxylic acids is 1. The van der Waals surface area contributed by atoms with Crippen LogP contribution in [0.3, 0.4) is 0 Å². The highest BCUT2D eigenvalue weighted by Gasteiger charge is 2.04. The fourth-order valence-corrected chi connectivity index (χ4v) is 2.29. The summed E-state index contributed by atoms with van der Waals surface area (Å²) in [6, 6.07) is 14.9. The van der Waals surface area contributed by atoms with E-state index in [-0.39, 0.29) is 5.91 Å². The summed E-state index contributed by atoms with van der Waals surface area (Å²) in [6.07, 6.45) is 3.49. The molecule has 0 saturated heterocycles. The molecule has 0 bridgehead atoms. The summed E-state index contributed by atoms with van der Waals surface area (Å²) < 4.78 is 5.35. The number of amides is 1. The number of nitrogens with one attached hydrogen (secondary N) is 2. The van der Waals surface area contributed by atoms with Crippen molar-refractivity contribution in [2.24, 2.45) is 5.10 Å². The summed E-state index contributed by atoms with van der Waals surface area (Å²) >= 11 is 0. The third kappa shape index (κ3) is 3.40. The number of fused-ring (bicyclic) bond motifs is 1. The average Bonchev–Trinajstić information content (AvgIpc) is 2.99. The number of hydrazone groups is 1. The Kier molecular flexibility index (Phi) is 4.38. The molecule has 1 heterocycles. The van der Waals surface area contributed by atoms with Crippen LogP contribution in [0, 0.1) is 0 Å². The third-order valence-electron chi connectivity index (χ3n) is 3.42. The standard InChI is InChI=1S/C18H17N3O2/c1-2-23-15-9-7-13(8-10-15)18(22)21-20-12-14-11-19-17-6-4-3-5-16(14)17/h3-12,19H,2H2,1H3,(H,21,22)/b20-12+. The SMILES string of the molecule is CCOc1ccc(C(=O)N/N=C/c2c[nH]c3ccccc23)cc1. The topological polar surface area (TPSA) is 66.5 Å². The molecule has 0 spiro atoms. The van der Waals surface area contributed by atoms with Crippen LogP contribution in [0.15, 0.2) is 59.8 Å². The van der Waals surface area contributed by atoms with Crippen LogP contribution >= 0.6 is 0 Å². The van der Waals surface area contributed by atoms with Crippen molar-refractivity contribution in [2.45, 2.75) is 6.92 Å². The van der Waals surface area contributed by atoms with Gasteiger partial charge in [-0.05, 0) is 37.3 Å². The molecular formula is C18H17N3O2. The van der Waals surface area contributed by atoms with Gasteiger partial charge in [0.25, 0.3) is 5.91 Å². The largest absolute Gasteiger partial charge is 0.494 e. The zero-order chi connectivity index (χ0) is 16.1. The second-order valence-corrected chi connectivity index (χ2v) is 4.95. The van der Waals surface area contributed by atoms with Crippen LogP contribution < -0.4 is 10.2 Å². The van der Waals surface area contributed by atoms with E-state index in [0.29, 0.717) is 12.2 Å². The molecule has 5 heteroatoms. The Balaban J connectivity index is 1.66. The molecule has 3 rings (SSSR count). The van der Waals surface area contributed by atoms with Crippen molar-refractivity contribution in [3.63, 3.8) is 0 Å². The first-order valence-corrected chi connectivity index (χ1v) is 7.40. The van der Waals surface area contributed by atoms with E-state index < -0.39 is 0 Å². The molecule has 2 aromatic carbocycles. The van der Waals surface area contributed by atoms with Crippen LogP contribution in [-0.2, 0) is 0 Å². The number of ether oxygens (including phenoxy) is 1. The Morgan fingerprint density at radius 3 is 2.78 bits per heavy atom. The molecule has 0 aliphatic heterocycles. The minimum absolute atomic E-state index is 0.260. The molecule has 2 N–H and O–H groups in total. The average molecular weight is 307 g/mol. The van der Waals surface area contributed by atoms with E-state index in [1.54, 1.807) is 30.5 Å². The Hall–Kier alpha value is -3.08. The molecule has 3 aromatic rings. The minimum atomic E-state index is -0.260. The molecule has 0 unspecified atom stereocenters. The van der Waals surface area contributed by atoms with Crippen LogP contribution in [-0.4, -0.2) is 23.7 Å². The van der Waals surface area contributed by atoms with Crippen molar-refractivity contribution in [1.82, 2.24) is 10.4 Å². The van der Waals surface area contributed by atoms with E-state index in [4.69, 9.17) is 4.74 Å². The first-order chi connectivity index (χ1) is 11.3. The quantitative estimate of drug-likeness (QED) is 0.561. The van der Waals surface area contributed by atoms with Gasteiger partial charge in [0.05, 0.1) is 12.8 Å². The highest BCUT2D eigenvalue weighted by atomic mass is 16.5. The zero-order valence-electron chi connectivity index (χ0n) is 12.7. The van der Waals surface area contributed by atoms with Crippen molar-refractivity contribution < 1.29 is 9.53 Å². The van der Waals surface area contributed by atoms with E-state index in [2.05, 4.69) is 15.5 Å². The summed E-state index contributed by atoms with van der Waals surface area (Å²) in [5, 5.41) is 5.08. The van der Waals surface area contributed by atoms with Crippen LogP contribution in [0.1, 0.15) is 22.8 Å². The number of H-pyrrole nitrogens is 1. The third-order valence-corrected chi connectivity index (χ3v) is 3.42. The molecule has 0 aliphatic rings. The van der Waals surface area contributed by atoms with Gasteiger partial charge in [-0.2, -0.15) is 5.10 Å². The van der Waals surface area contributed by atoms with E-state index >= 15 is 0 Å². The number of rotatable bonds is 5. The maximum absolute atomic E-state index is 12.0. The number of para-hydroxylation sites is 1. The number of carbonyl (C=O) groups is 1. The number of hydrogen-bond acceptors (Lipinski definition) is 3. The summed E-state index contributed by atoms with van der Waals surface area (Å²) in [4.78, 5) is 15.2. The lowest BCUT2D eigenvalue weighted by Gasteiger charge is -2.03. The van der Waals surface area contributed by atoms with Crippen molar-refractivity contribution >= 4 is 23.0 Å². The Morgan fingerprint density at radius 2 is 2.00 bits per heavy atom. The van der Waals surface area contributed by atoms with Gasteiger partial charge in [0.2, 0.25) is 0 Å². The second-order valence-electron chi connectivity index (χ2n) is 4.95. The van der Waals surface area contributed by atoms with Gasteiger partial charge in [-0.25, -0.2) is 5.43 Å². The highest BCUT2D eigenvalue weighted by molar-refractivity contribution is 6.00. The molecule has 0 fully saturated rings. The number of benzene rings is 2. The Morgan fingerprint density at radius 1 is 1.22 bits per heavy atom. The predicted octanol–water partition coefficient (Wildman–Crippen LogP) is 3.33. The molecule has 1 aromatic heterocycles. The molecule has 5 nitrogen and oxygen atoms in total. The minimum Gasteiger partial charge on any atom is -0.494 e. The Labute approximate surface area is 134 Å². The first kappa shape index (κ1) is 14.8. The van der Waals surface area contributed by atoms with Crippen molar-refractivity contribution in [3.8, 4) is 5.75 Å². The van der Waals surface area contributed by atoms with E-state index in [1.807, 2.05) is 37.4 Å². The smallest absolute Gasteiger partial charge is 0.271 e. The summed E-state index contributed by atoms with van der Waals surface area (Å²) in [5.41, 5.74) is 5.02. The van der Waals surface area contributed by atoms with Crippen LogP contribution in [0.25, 0.3) is 10.9 Å². The van der Waals surface area contributed by atoms with Gasteiger partial charge in [-0.1, -0.05) is 18.2 Å². The van der Waals surface area contributed by atoms with Crippen LogP contribution in [0.4, 0.5) is 0 Å². The van der Waals surface area contributed by atoms with Gasteiger partial charge < -0.3 is 9.72 Å². The van der Waals surface area contributed by atoms with Gasteiger partial charge in [-0.15, -0.1) is 0 Å². The highest BCUT2D eigenvalue weighted by Crippen LogP contribution is 2.15. The molecular weight excluding hydrogens is 290 g/mol. The molecule has 0 radical (unpaired) electrons. The lowest BCUT2D eigenvalue weighted by Crippen LogP contribution is -2.17. The second kappa shape index (κ2) is 6.79. The first-order valence-electron chi connectivity index (χ1n) is 7.40. The molecule has 0 aliphatic carbocycles. The monoisotopic (exact) mass is 307 g/mol. The van der Waals surface area contributed by atoms with E-state index in [9.17, 15) is 4.79 Å². The summed E-state index contributed by atoms with van der Waals surface area (Å²) in [7, 11) is 0. The number of aromatic amines is 1. The predicted molar refractivity (Wildman–Crippen MR) is 91.0 cm³/mol. The summed E-state index contributed by atoms with van der Waals surface area (Å²) in [6.45, 7) is 2.51. The van der Waals surface area contributed by atoms with Gasteiger partial charge in [0, 0.05) is 28.2 Å². The number of hydrogen-bond donors (Lipinski definition) is 2. The van der Waals surface area contributed by atoms with E-state index in [0.717, 1.165) is 22.2 Å². The van der Waals surface area contributed by atoms with Gasteiger partial charge in [0.15, 0.2) is 0 Å². The van der Waals surface area contributed by atoms with Crippen molar-refractivity contribution in [1.29, 1.82) is 0 Å². The fourth-order valence-electron chi connectivity index (χ4n) is 2.29. The van der Waals surface area contributed by atoms with Crippen molar-refractivity contribution in [3.05, 3.63) is 65.9 Å². The molecule has 0 saturated carbocycles. The lowest BCUT2D eigenvalue weighted by atomic mass is 10.2. The van der Waals surface area contributed by atoms with Gasteiger partial charge >= 0.3 is 0 Å². The maximum Gasteiger partial charge on any atom is 0.271 e. The number of nitrogens with zero attached hydrogens (tertiary/aromatic N) is 1. The zero-order valence-corrected chi connectivity index (χ0v) is 12.7.